The van der Waals surface area contributed by atoms with Crippen molar-refractivity contribution in [3.05, 3.63) is 0 Å². The van der Waals surface area contributed by atoms with Crippen molar-refractivity contribution in [3.63, 3.8) is 0 Å². The minimum atomic E-state index is -2.68. The van der Waals surface area contributed by atoms with Crippen molar-refractivity contribution in [2.45, 2.75) is 101 Å². The van der Waals surface area contributed by atoms with Gasteiger partial charge in [-0.3, -0.25) is 4.79 Å². The molecule has 1 heterocycles. The Hall–Kier alpha value is -0.570. The van der Waals surface area contributed by atoms with Gasteiger partial charge in [0.05, 0.1) is 6.61 Å². The SMILES string of the molecule is [2H]C(CCCCCCCCC)CC(=O)C(O)C1(O)O[C@H](CO)[C@@H](O)[C@@H]1O. The second kappa shape index (κ2) is 11.2. The second-order valence-electron chi connectivity index (χ2n) is 6.80. The fraction of sp³-hybridized carbons (Fsp3) is 0.944. The van der Waals surface area contributed by atoms with Gasteiger partial charge in [-0.15, -0.1) is 0 Å². The number of ether oxygens (including phenoxy) is 1. The number of hydrogen-bond acceptors (Lipinski definition) is 7. The van der Waals surface area contributed by atoms with Gasteiger partial charge in [0.25, 0.3) is 0 Å². The second-order valence-corrected chi connectivity index (χ2v) is 6.80. The van der Waals surface area contributed by atoms with Crippen molar-refractivity contribution < 1.29 is 36.4 Å². The number of Topliss-reactive ketones (excluding diaryl/α,β-unsaturated/α-hetero) is 1. The molecule has 25 heavy (non-hydrogen) atoms. The van der Waals surface area contributed by atoms with Gasteiger partial charge in [-0.25, -0.2) is 0 Å². The van der Waals surface area contributed by atoms with E-state index in [0.717, 1.165) is 19.3 Å². The summed E-state index contributed by atoms with van der Waals surface area (Å²) in [5.41, 5.74) is 0. The first-order chi connectivity index (χ1) is 12.3. The average Bonchev–Trinajstić information content (AvgIpc) is 2.84. The topological polar surface area (TPSA) is 127 Å². The van der Waals surface area contributed by atoms with Crippen LogP contribution in [0.15, 0.2) is 0 Å². The van der Waals surface area contributed by atoms with E-state index in [2.05, 4.69) is 6.92 Å². The first-order valence-electron chi connectivity index (χ1n) is 9.85. The molecule has 0 aliphatic carbocycles. The van der Waals surface area contributed by atoms with Crippen LogP contribution >= 0.6 is 0 Å². The van der Waals surface area contributed by atoms with Crippen molar-refractivity contribution >= 4 is 5.78 Å². The lowest BCUT2D eigenvalue weighted by Crippen LogP contribution is -2.55. The summed E-state index contributed by atoms with van der Waals surface area (Å²) in [5, 5.41) is 48.8. The lowest BCUT2D eigenvalue weighted by Gasteiger charge is -2.30. The van der Waals surface area contributed by atoms with E-state index >= 15 is 0 Å². The highest BCUT2D eigenvalue weighted by Crippen LogP contribution is 2.32. The van der Waals surface area contributed by atoms with Gasteiger partial charge in [0.2, 0.25) is 5.79 Å². The molecule has 1 aliphatic rings. The van der Waals surface area contributed by atoms with Gasteiger partial charge in [0, 0.05) is 7.79 Å². The maximum atomic E-state index is 12.1. The fourth-order valence-electron chi connectivity index (χ4n) is 3.03. The standard InChI is InChI=1S/C18H34O7/c1-2-3-4-5-6-7-8-9-10-11-13(20)16(22)18(24)17(23)15(21)14(12-19)25-18/h14-17,19,21-24H,2-12H2,1H3/t14-,15-,16?,17+,18?/m1/s1/i10D/t10?,14-,15-,16?,17+,18?. The molecule has 0 aromatic rings. The summed E-state index contributed by atoms with van der Waals surface area (Å²) in [7, 11) is 0. The monoisotopic (exact) mass is 363 g/mol. The van der Waals surface area contributed by atoms with Crippen molar-refractivity contribution in [2.24, 2.45) is 0 Å². The number of hydrogen-bond donors (Lipinski definition) is 5. The van der Waals surface area contributed by atoms with Crippen molar-refractivity contribution in [2.75, 3.05) is 6.61 Å². The number of carbonyl (C=O) groups is 1. The molecule has 1 saturated heterocycles. The van der Waals surface area contributed by atoms with Crippen LogP contribution in [0.3, 0.4) is 0 Å². The van der Waals surface area contributed by atoms with Gasteiger partial charge in [-0.05, 0) is 6.40 Å². The molecule has 0 saturated carbocycles. The van der Waals surface area contributed by atoms with Crippen LogP contribution < -0.4 is 0 Å². The van der Waals surface area contributed by atoms with Crippen LogP contribution in [-0.4, -0.2) is 68.1 Å². The van der Waals surface area contributed by atoms with Crippen LogP contribution in [-0.2, 0) is 9.53 Å². The predicted octanol–water partition coefficient (Wildman–Crippen LogP) is 0.639. The van der Waals surface area contributed by atoms with E-state index in [1.165, 1.54) is 25.7 Å². The van der Waals surface area contributed by atoms with Crippen molar-refractivity contribution in [3.8, 4) is 0 Å². The molecule has 6 atom stereocenters. The molecule has 0 amide bonds. The molecule has 1 fully saturated rings. The minimum Gasteiger partial charge on any atom is -0.394 e. The first kappa shape index (κ1) is 20.7. The summed E-state index contributed by atoms with van der Waals surface area (Å²) in [6, 6.07) is 0. The Morgan fingerprint density at radius 1 is 1.16 bits per heavy atom. The van der Waals surface area contributed by atoms with Gasteiger partial charge in [0.15, 0.2) is 11.9 Å². The summed E-state index contributed by atoms with van der Waals surface area (Å²) in [5.74, 6) is -3.51. The largest absolute Gasteiger partial charge is 0.394 e. The molecule has 5 N–H and O–H groups in total. The molecule has 0 bridgehead atoms. The number of aliphatic hydroxyl groups excluding tert-OH is 4. The molecule has 0 spiro atoms. The average molecular weight is 363 g/mol. The van der Waals surface area contributed by atoms with E-state index in [4.69, 9.17) is 11.2 Å². The highest BCUT2D eigenvalue weighted by atomic mass is 16.7. The van der Waals surface area contributed by atoms with Gasteiger partial charge in [-0.2, -0.15) is 0 Å². The van der Waals surface area contributed by atoms with E-state index in [1.807, 2.05) is 0 Å². The summed E-state index contributed by atoms with van der Waals surface area (Å²) >= 11 is 0. The molecule has 1 aliphatic heterocycles. The van der Waals surface area contributed by atoms with Gasteiger partial charge >= 0.3 is 0 Å². The van der Waals surface area contributed by atoms with E-state index in [-0.39, 0.29) is 6.42 Å². The Kier molecular flexibility index (Phi) is 9.30. The smallest absolute Gasteiger partial charge is 0.229 e. The highest BCUT2D eigenvalue weighted by molar-refractivity contribution is 5.84. The number of carbonyl (C=O) groups excluding carboxylic acids is 1. The third-order valence-corrected chi connectivity index (χ3v) is 4.70. The van der Waals surface area contributed by atoms with E-state index in [0.29, 0.717) is 6.42 Å². The Labute approximate surface area is 151 Å². The normalized spacial score (nSPS) is 32.4. The number of aliphatic hydroxyl groups is 5. The van der Waals surface area contributed by atoms with Gasteiger partial charge in [-0.1, -0.05) is 58.3 Å². The molecule has 7 heteroatoms. The molecule has 0 aromatic carbocycles. The Bertz CT molecular complexity index is 422. The lowest BCUT2D eigenvalue weighted by molar-refractivity contribution is -0.271. The zero-order valence-electron chi connectivity index (χ0n) is 16.0. The van der Waals surface area contributed by atoms with Crippen LogP contribution in [0.4, 0.5) is 0 Å². The van der Waals surface area contributed by atoms with Crippen LogP contribution in [0.2, 0.25) is 0 Å². The Morgan fingerprint density at radius 3 is 2.24 bits per heavy atom. The van der Waals surface area contributed by atoms with Crippen molar-refractivity contribution in [1.29, 1.82) is 0 Å². The number of unbranched alkanes of at least 4 members (excludes halogenated alkanes) is 6. The molecule has 1 rings (SSSR count). The van der Waals surface area contributed by atoms with E-state index < -0.39 is 49.0 Å². The van der Waals surface area contributed by atoms with Crippen LogP contribution in [0.1, 0.15) is 72.5 Å². The molecule has 3 unspecified atom stereocenters. The van der Waals surface area contributed by atoms with Crippen LogP contribution in [0, 0.1) is 0 Å². The highest BCUT2D eigenvalue weighted by Gasteiger charge is 2.58. The third-order valence-electron chi connectivity index (χ3n) is 4.70. The first-order valence-corrected chi connectivity index (χ1v) is 9.28. The number of ketones is 1. The zero-order valence-corrected chi connectivity index (χ0v) is 15.0. The summed E-state index contributed by atoms with van der Waals surface area (Å²) in [6.07, 6.45) is 0.307. The Balaban J connectivity index is 2.37. The maximum absolute atomic E-state index is 12.1. The fourth-order valence-corrected chi connectivity index (χ4v) is 3.03. The van der Waals surface area contributed by atoms with Crippen molar-refractivity contribution in [1.82, 2.24) is 0 Å². The van der Waals surface area contributed by atoms with Gasteiger partial charge in [0.1, 0.15) is 18.3 Å². The number of rotatable bonds is 13. The summed E-state index contributed by atoms with van der Waals surface area (Å²) < 4.78 is 12.8. The molecule has 0 aromatic heterocycles. The van der Waals surface area contributed by atoms with E-state index in [1.54, 1.807) is 0 Å². The zero-order chi connectivity index (χ0) is 19.7. The van der Waals surface area contributed by atoms with Crippen LogP contribution in [0.5, 0.6) is 0 Å². The molecule has 0 radical (unpaired) electrons. The minimum absolute atomic E-state index is 0.282. The molecular weight excluding hydrogens is 328 g/mol. The Morgan fingerprint density at radius 2 is 1.72 bits per heavy atom. The lowest BCUT2D eigenvalue weighted by atomic mass is 9.95. The quantitative estimate of drug-likeness (QED) is 0.304. The summed E-state index contributed by atoms with van der Waals surface area (Å²) in [4.78, 5) is 12.1. The van der Waals surface area contributed by atoms with Gasteiger partial charge < -0.3 is 30.3 Å². The maximum Gasteiger partial charge on any atom is 0.229 e. The molecule has 7 nitrogen and oxygen atoms in total. The summed E-state index contributed by atoms with van der Waals surface area (Å²) in [6.45, 7) is 1.48. The molecular formula is C18H34O7. The third kappa shape index (κ3) is 6.27. The molecule has 148 valence electrons. The predicted molar refractivity (Wildman–Crippen MR) is 91.8 cm³/mol. The van der Waals surface area contributed by atoms with E-state index in [9.17, 15) is 25.2 Å². The van der Waals surface area contributed by atoms with Crippen LogP contribution in [0.25, 0.3) is 0 Å².